The second-order valence-electron chi connectivity index (χ2n) is 5.84. The molecule has 2 aromatic carbocycles. The molecule has 1 heterocycles. The highest BCUT2D eigenvalue weighted by Crippen LogP contribution is 2.34. The van der Waals surface area contributed by atoms with Gasteiger partial charge in [0.1, 0.15) is 11.5 Å². The van der Waals surface area contributed by atoms with Crippen molar-refractivity contribution >= 4 is 34.7 Å². The number of benzene rings is 2. The number of nitro benzene ring substituents is 1. The highest BCUT2D eigenvalue weighted by molar-refractivity contribution is 8.18. The summed E-state index contributed by atoms with van der Waals surface area (Å²) in [6, 6.07) is 10.9. The summed E-state index contributed by atoms with van der Waals surface area (Å²) >= 11 is 0.840. The minimum absolute atomic E-state index is 0.0431. The van der Waals surface area contributed by atoms with Crippen LogP contribution in [-0.2, 0) is 11.3 Å². The number of ether oxygens (including phenoxy) is 2. The predicted octanol–water partition coefficient (Wildman–Crippen LogP) is 3.85. The molecule has 0 aliphatic carbocycles. The van der Waals surface area contributed by atoms with Gasteiger partial charge in [-0.2, -0.15) is 0 Å². The van der Waals surface area contributed by atoms with Crippen LogP contribution in [0.15, 0.2) is 47.4 Å². The number of carbonyl (C=O) groups excluding carboxylic acids is 2. The van der Waals surface area contributed by atoms with E-state index in [4.69, 9.17) is 9.47 Å². The summed E-state index contributed by atoms with van der Waals surface area (Å²) < 4.78 is 10.4. The Balaban J connectivity index is 1.81. The zero-order valence-electron chi connectivity index (χ0n) is 15.1. The molecule has 9 heteroatoms. The van der Waals surface area contributed by atoms with Crippen molar-refractivity contribution in [3.05, 3.63) is 68.6 Å². The van der Waals surface area contributed by atoms with Crippen LogP contribution in [0.1, 0.15) is 11.1 Å². The lowest BCUT2D eigenvalue weighted by Gasteiger charge is -2.12. The van der Waals surface area contributed by atoms with Crippen molar-refractivity contribution in [2.75, 3.05) is 14.2 Å². The lowest BCUT2D eigenvalue weighted by atomic mass is 10.1. The topological polar surface area (TPSA) is 99.0 Å². The first-order chi connectivity index (χ1) is 13.4. The van der Waals surface area contributed by atoms with E-state index in [0.717, 1.165) is 16.7 Å². The molecule has 0 spiro atoms. The molecule has 1 saturated heterocycles. The molecule has 3 rings (SSSR count). The lowest BCUT2D eigenvalue weighted by Crippen LogP contribution is -2.27. The molecule has 0 atom stereocenters. The SMILES string of the molecule is COc1cc(/C=C2/SC(=O)N(Cc3ccc([N+](=O)[O-])cc3)C2=O)cc(OC)c1. The van der Waals surface area contributed by atoms with E-state index in [1.807, 2.05) is 0 Å². The summed E-state index contributed by atoms with van der Waals surface area (Å²) in [5.41, 5.74) is 1.24. The Morgan fingerprint density at radius 1 is 1.07 bits per heavy atom. The summed E-state index contributed by atoms with van der Waals surface area (Å²) in [7, 11) is 3.05. The number of hydrogen-bond donors (Lipinski definition) is 0. The number of nitrogens with zero attached hydrogens (tertiary/aromatic N) is 2. The molecule has 0 radical (unpaired) electrons. The van der Waals surface area contributed by atoms with Crippen molar-refractivity contribution in [2.45, 2.75) is 6.54 Å². The average Bonchev–Trinajstić information content (AvgIpc) is 2.95. The zero-order valence-corrected chi connectivity index (χ0v) is 15.9. The van der Waals surface area contributed by atoms with E-state index in [2.05, 4.69) is 0 Å². The van der Waals surface area contributed by atoms with Crippen molar-refractivity contribution in [2.24, 2.45) is 0 Å². The van der Waals surface area contributed by atoms with Crippen LogP contribution in [0.5, 0.6) is 11.5 Å². The first-order valence-electron chi connectivity index (χ1n) is 8.13. The van der Waals surface area contributed by atoms with Gasteiger partial charge in [-0.1, -0.05) is 12.1 Å². The van der Waals surface area contributed by atoms with Gasteiger partial charge in [-0.25, -0.2) is 0 Å². The molecule has 1 aliphatic rings. The number of imide groups is 1. The third kappa shape index (κ3) is 4.15. The summed E-state index contributed by atoms with van der Waals surface area (Å²) in [6.45, 7) is 0.0431. The molecule has 144 valence electrons. The van der Waals surface area contributed by atoms with Crippen LogP contribution in [-0.4, -0.2) is 35.2 Å². The largest absolute Gasteiger partial charge is 0.497 e. The second kappa shape index (κ2) is 8.13. The molecule has 0 unspecified atom stereocenters. The van der Waals surface area contributed by atoms with Gasteiger partial charge in [0.05, 0.1) is 30.6 Å². The van der Waals surface area contributed by atoms with Gasteiger partial charge in [0.25, 0.3) is 16.8 Å². The molecule has 28 heavy (non-hydrogen) atoms. The van der Waals surface area contributed by atoms with Gasteiger partial charge in [0, 0.05) is 18.2 Å². The van der Waals surface area contributed by atoms with Crippen molar-refractivity contribution in [3.8, 4) is 11.5 Å². The Morgan fingerprint density at radius 2 is 1.68 bits per heavy atom. The van der Waals surface area contributed by atoms with Gasteiger partial charge in [0.15, 0.2) is 0 Å². The van der Waals surface area contributed by atoms with E-state index < -0.39 is 16.1 Å². The van der Waals surface area contributed by atoms with E-state index in [1.165, 1.54) is 38.5 Å². The lowest BCUT2D eigenvalue weighted by molar-refractivity contribution is -0.384. The Bertz CT molecular complexity index is 949. The fourth-order valence-corrected chi connectivity index (χ4v) is 3.44. The molecule has 0 bridgehead atoms. The number of nitro groups is 1. The monoisotopic (exact) mass is 400 g/mol. The van der Waals surface area contributed by atoms with Gasteiger partial charge < -0.3 is 9.47 Å². The van der Waals surface area contributed by atoms with E-state index in [-0.39, 0.29) is 17.1 Å². The van der Waals surface area contributed by atoms with Gasteiger partial charge in [-0.15, -0.1) is 0 Å². The van der Waals surface area contributed by atoms with E-state index >= 15 is 0 Å². The predicted molar refractivity (Wildman–Crippen MR) is 104 cm³/mol. The average molecular weight is 400 g/mol. The van der Waals surface area contributed by atoms with Crippen LogP contribution < -0.4 is 9.47 Å². The summed E-state index contributed by atoms with van der Waals surface area (Å²) in [5.74, 6) is 0.710. The normalized spacial score (nSPS) is 15.2. The van der Waals surface area contributed by atoms with Crippen LogP contribution in [0.25, 0.3) is 6.08 Å². The molecule has 2 aromatic rings. The molecule has 1 aliphatic heterocycles. The molecule has 0 N–H and O–H groups in total. The van der Waals surface area contributed by atoms with Crippen LogP contribution >= 0.6 is 11.8 Å². The minimum Gasteiger partial charge on any atom is -0.497 e. The van der Waals surface area contributed by atoms with E-state index in [0.29, 0.717) is 22.6 Å². The quantitative estimate of drug-likeness (QED) is 0.412. The maximum atomic E-state index is 12.7. The highest BCUT2D eigenvalue weighted by atomic mass is 32.2. The number of amides is 2. The van der Waals surface area contributed by atoms with Crippen LogP contribution in [0.2, 0.25) is 0 Å². The molecular weight excluding hydrogens is 384 g/mol. The Morgan fingerprint density at radius 3 is 2.21 bits per heavy atom. The number of hydrogen-bond acceptors (Lipinski definition) is 7. The molecule has 0 saturated carbocycles. The Hall–Kier alpha value is -3.33. The third-order valence-corrected chi connectivity index (χ3v) is 4.94. The van der Waals surface area contributed by atoms with Crippen molar-refractivity contribution in [1.82, 2.24) is 4.90 Å². The zero-order chi connectivity index (χ0) is 20.3. The smallest absolute Gasteiger partial charge is 0.293 e. The van der Waals surface area contributed by atoms with Gasteiger partial charge in [-0.05, 0) is 41.1 Å². The number of non-ortho nitro benzene ring substituents is 1. The maximum absolute atomic E-state index is 12.7. The number of carbonyl (C=O) groups is 2. The number of rotatable bonds is 6. The maximum Gasteiger partial charge on any atom is 0.293 e. The number of thioether (sulfide) groups is 1. The van der Waals surface area contributed by atoms with Crippen molar-refractivity contribution in [1.29, 1.82) is 0 Å². The molecule has 2 amide bonds. The molecular formula is C19H16N2O6S. The fourth-order valence-electron chi connectivity index (χ4n) is 2.61. The first kappa shape index (κ1) is 19.4. The van der Waals surface area contributed by atoms with Crippen LogP contribution in [0, 0.1) is 10.1 Å². The summed E-state index contributed by atoms with van der Waals surface area (Å²) in [6.07, 6.45) is 1.60. The first-order valence-corrected chi connectivity index (χ1v) is 8.94. The highest BCUT2D eigenvalue weighted by Gasteiger charge is 2.35. The summed E-state index contributed by atoms with van der Waals surface area (Å²) in [4.78, 5) is 36.5. The molecule has 0 aromatic heterocycles. The van der Waals surface area contributed by atoms with Crippen molar-refractivity contribution < 1.29 is 24.0 Å². The molecule has 1 fully saturated rings. The van der Waals surface area contributed by atoms with Crippen molar-refractivity contribution in [3.63, 3.8) is 0 Å². The van der Waals surface area contributed by atoms with E-state index in [1.54, 1.807) is 24.3 Å². The van der Waals surface area contributed by atoms with Gasteiger partial charge in [-0.3, -0.25) is 24.6 Å². The third-order valence-electron chi connectivity index (χ3n) is 4.03. The summed E-state index contributed by atoms with van der Waals surface area (Å²) in [5, 5.41) is 10.3. The van der Waals surface area contributed by atoms with Gasteiger partial charge >= 0.3 is 0 Å². The second-order valence-corrected chi connectivity index (χ2v) is 6.83. The fraction of sp³-hybridized carbons (Fsp3) is 0.158. The van der Waals surface area contributed by atoms with Crippen LogP contribution in [0.3, 0.4) is 0 Å². The van der Waals surface area contributed by atoms with E-state index in [9.17, 15) is 19.7 Å². The Kier molecular flexibility index (Phi) is 5.65. The molecule has 8 nitrogen and oxygen atoms in total. The Labute approximate surface area is 164 Å². The minimum atomic E-state index is -0.505. The van der Waals surface area contributed by atoms with Crippen LogP contribution in [0.4, 0.5) is 10.5 Å². The van der Waals surface area contributed by atoms with Gasteiger partial charge in [0.2, 0.25) is 0 Å². The standard InChI is InChI=1S/C19H16N2O6S/c1-26-15-7-13(8-16(10-15)27-2)9-17-18(22)20(19(23)28-17)11-12-3-5-14(6-4-12)21(24)25/h3-10H,11H2,1-2H3/b17-9+. The number of methoxy groups -OCH3 is 2.